The zero-order valence-corrected chi connectivity index (χ0v) is 8.07. The Labute approximate surface area is 86.1 Å². The summed E-state index contributed by atoms with van der Waals surface area (Å²) in [5, 5.41) is 13.8. The first-order valence-corrected chi connectivity index (χ1v) is 4.45. The molecular weight excluding hydrogens is 196 g/mol. The number of urea groups is 1. The quantitative estimate of drug-likeness (QED) is 0.583. The molecule has 3 N–H and O–H groups in total. The minimum Gasteiger partial charge on any atom is -0.508 e. The Bertz CT molecular complexity index is 427. The van der Waals surface area contributed by atoms with Crippen molar-refractivity contribution in [1.82, 2.24) is 10.6 Å². The van der Waals surface area contributed by atoms with Crippen LogP contribution in [0.2, 0.25) is 0 Å². The van der Waals surface area contributed by atoms with Crippen molar-refractivity contribution in [3.05, 3.63) is 29.8 Å². The van der Waals surface area contributed by atoms with Crippen LogP contribution >= 0.6 is 0 Å². The Morgan fingerprint density at radius 2 is 1.80 bits per heavy atom. The molecule has 1 aromatic rings. The van der Waals surface area contributed by atoms with E-state index in [0.717, 1.165) is 0 Å². The lowest BCUT2D eigenvalue weighted by atomic mass is 9.92. The second kappa shape index (κ2) is 2.98. The minimum absolute atomic E-state index is 0.118. The minimum atomic E-state index is -1.05. The van der Waals surface area contributed by atoms with Gasteiger partial charge < -0.3 is 10.4 Å². The molecule has 1 fully saturated rings. The standard InChI is InChI=1S/C10H10N2O3/c1-10(8(14)11-9(15)12-10)6-2-4-7(13)5-3-6/h2-5,13H,1H3,(H2,11,12,14,15)/t10-/m1/s1. The summed E-state index contributed by atoms with van der Waals surface area (Å²) in [5.41, 5.74) is -0.422. The van der Waals surface area contributed by atoms with Gasteiger partial charge in [-0.2, -0.15) is 0 Å². The molecule has 0 radical (unpaired) electrons. The molecular formula is C10H10N2O3. The molecule has 0 unspecified atom stereocenters. The highest BCUT2D eigenvalue weighted by Crippen LogP contribution is 2.25. The number of carbonyl (C=O) groups is 2. The molecule has 0 saturated carbocycles. The van der Waals surface area contributed by atoms with Crippen molar-refractivity contribution in [2.24, 2.45) is 0 Å². The predicted octanol–water partition coefficient (Wildman–Crippen LogP) is 0.447. The number of imide groups is 1. The number of hydrogen-bond donors (Lipinski definition) is 3. The maximum Gasteiger partial charge on any atom is 0.322 e. The zero-order valence-electron chi connectivity index (χ0n) is 8.07. The van der Waals surface area contributed by atoms with Crippen LogP contribution in [0.15, 0.2) is 24.3 Å². The number of nitrogens with one attached hydrogen (secondary N) is 2. The van der Waals surface area contributed by atoms with Gasteiger partial charge in [-0.05, 0) is 24.6 Å². The number of aromatic hydroxyl groups is 1. The molecule has 1 saturated heterocycles. The van der Waals surface area contributed by atoms with Gasteiger partial charge in [0, 0.05) is 0 Å². The lowest BCUT2D eigenvalue weighted by molar-refractivity contribution is -0.123. The van der Waals surface area contributed by atoms with Crippen LogP contribution in [0.3, 0.4) is 0 Å². The molecule has 0 aromatic heterocycles. The second-order valence-corrected chi connectivity index (χ2v) is 3.58. The average Bonchev–Trinajstić information content (AvgIpc) is 2.42. The summed E-state index contributed by atoms with van der Waals surface area (Å²) in [6.45, 7) is 1.61. The molecule has 2 rings (SSSR count). The van der Waals surface area contributed by atoms with Crippen molar-refractivity contribution < 1.29 is 14.7 Å². The van der Waals surface area contributed by atoms with Gasteiger partial charge in [0.2, 0.25) is 0 Å². The zero-order chi connectivity index (χ0) is 11.1. The Hall–Kier alpha value is -2.04. The Morgan fingerprint density at radius 1 is 1.20 bits per heavy atom. The van der Waals surface area contributed by atoms with Crippen LogP contribution < -0.4 is 10.6 Å². The molecule has 0 aliphatic carbocycles. The van der Waals surface area contributed by atoms with Gasteiger partial charge >= 0.3 is 6.03 Å². The van der Waals surface area contributed by atoms with E-state index in [4.69, 9.17) is 5.11 Å². The Morgan fingerprint density at radius 3 is 2.27 bits per heavy atom. The first-order chi connectivity index (χ1) is 7.02. The number of phenols is 1. The average molecular weight is 206 g/mol. The molecule has 0 spiro atoms. The topological polar surface area (TPSA) is 78.4 Å². The van der Waals surface area contributed by atoms with Crippen molar-refractivity contribution in [2.45, 2.75) is 12.5 Å². The van der Waals surface area contributed by atoms with E-state index in [-0.39, 0.29) is 5.75 Å². The molecule has 1 atom stereocenters. The van der Waals surface area contributed by atoms with Gasteiger partial charge in [-0.15, -0.1) is 0 Å². The molecule has 0 bridgehead atoms. The van der Waals surface area contributed by atoms with E-state index in [9.17, 15) is 9.59 Å². The van der Waals surface area contributed by atoms with Gasteiger partial charge in [-0.3, -0.25) is 10.1 Å². The van der Waals surface area contributed by atoms with E-state index >= 15 is 0 Å². The molecule has 1 aromatic carbocycles. The van der Waals surface area contributed by atoms with Crippen LogP contribution in [-0.4, -0.2) is 17.0 Å². The molecule has 5 nitrogen and oxygen atoms in total. The smallest absolute Gasteiger partial charge is 0.322 e. The largest absolute Gasteiger partial charge is 0.508 e. The summed E-state index contributed by atoms with van der Waals surface area (Å²) in [7, 11) is 0. The molecule has 1 aliphatic heterocycles. The van der Waals surface area contributed by atoms with Gasteiger partial charge in [0.25, 0.3) is 5.91 Å². The maximum atomic E-state index is 11.5. The highest BCUT2D eigenvalue weighted by Gasteiger charge is 2.43. The van der Waals surface area contributed by atoms with Crippen LogP contribution in [0.1, 0.15) is 12.5 Å². The highest BCUT2D eigenvalue weighted by molar-refractivity contribution is 6.07. The van der Waals surface area contributed by atoms with Gasteiger partial charge in [-0.25, -0.2) is 4.79 Å². The van der Waals surface area contributed by atoms with Gasteiger partial charge in [-0.1, -0.05) is 12.1 Å². The maximum absolute atomic E-state index is 11.5. The SMILES string of the molecule is C[C@]1(c2ccc(O)cc2)NC(=O)NC1=O. The number of hydrogen-bond acceptors (Lipinski definition) is 3. The Balaban J connectivity index is 2.41. The van der Waals surface area contributed by atoms with Crippen LogP contribution in [0.5, 0.6) is 5.75 Å². The highest BCUT2D eigenvalue weighted by atomic mass is 16.3. The number of benzene rings is 1. The van der Waals surface area contributed by atoms with E-state index in [2.05, 4.69) is 10.6 Å². The van der Waals surface area contributed by atoms with Crippen LogP contribution in [0.25, 0.3) is 0 Å². The number of rotatable bonds is 1. The first kappa shape index (κ1) is 9.51. The number of amides is 3. The van der Waals surface area contributed by atoms with E-state index in [0.29, 0.717) is 5.56 Å². The van der Waals surface area contributed by atoms with E-state index < -0.39 is 17.5 Å². The third-order valence-electron chi connectivity index (χ3n) is 2.49. The number of carbonyl (C=O) groups excluding carboxylic acids is 2. The summed E-state index contributed by atoms with van der Waals surface area (Å²) in [6.07, 6.45) is 0. The van der Waals surface area contributed by atoms with Crippen molar-refractivity contribution >= 4 is 11.9 Å². The molecule has 1 aliphatic rings. The van der Waals surface area contributed by atoms with E-state index in [1.165, 1.54) is 12.1 Å². The van der Waals surface area contributed by atoms with Crippen LogP contribution in [-0.2, 0) is 10.3 Å². The third-order valence-corrected chi connectivity index (χ3v) is 2.49. The first-order valence-electron chi connectivity index (χ1n) is 4.45. The van der Waals surface area contributed by atoms with Crippen molar-refractivity contribution in [3.8, 4) is 5.75 Å². The molecule has 5 heteroatoms. The van der Waals surface area contributed by atoms with Crippen molar-refractivity contribution in [2.75, 3.05) is 0 Å². The van der Waals surface area contributed by atoms with Gasteiger partial charge in [0.1, 0.15) is 11.3 Å². The summed E-state index contributed by atoms with van der Waals surface area (Å²) in [6, 6.07) is 5.63. The lowest BCUT2D eigenvalue weighted by Gasteiger charge is -2.20. The summed E-state index contributed by atoms with van der Waals surface area (Å²) >= 11 is 0. The van der Waals surface area contributed by atoms with Crippen LogP contribution in [0.4, 0.5) is 4.79 Å². The Kier molecular flexibility index (Phi) is 1.89. The van der Waals surface area contributed by atoms with Crippen LogP contribution in [0, 0.1) is 0 Å². The fourth-order valence-electron chi connectivity index (χ4n) is 1.54. The lowest BCUT2D eigenvalue weighted by Crippen LogP contribution is -2.40. The fourth-order valence-corrected chi connectivity index (χ4v) is 1.54. The second-order valence-electron chi connectivity index (χ2n) is 3.58. The van der Waals surface area contributed by atoms with E-state index in [1.54, 1.807) is 19.1 Å². The summed E-state index contributed by atoms with van der Waals surface area (Å²) in [4.78, 5) is 22.6. The number of phenolic OH excluding ortho intramolecular Hbond substituents is 1. The van der Waals surface area contributed by atoms with Gasteiger partial charge in [0.05, 0.1) is 0 Å². The van der Waals surface area contributed by atoms with E-state index in [1.807, 2.05) is 0 Å². The molecule has 78 valence electrons. The monoisotopic (exact) mass is 206 g/mol. The predicted molar refractivity (Wildman–Crippen MR) is 52.1 cm³/mol. The van der Waals surface area contributed by atoms with Gasteiger partial charge in [0.15, 0.2) is 0 Å². The van der Waals surface area contributed by atoms with Crippen molar-refractivity contribution in [3.63, 3.8) is 0 Å². The third kappa shape index (κ3) is 1.41. The summed E-state index contributed by atoms with van der Waals surface area (Å²) in [5.74, 6) is -0.273. The fraction of sp³-hybridized carbons (Fsp3) is 0.200. The van der Waals surface area contributed by atoms with Crippen molar-refractivity contribution in [1.29, 1.82) is 0 Å². The summed E-state index contributed by atoms with van der Waals surface area (Å²) < 4.78 is 0. The molecule has 1 heterocycles. The normalized spacial score (nSPS) is 24.9. The molecule has 3 amide bonds. The molecule has 15 heavy (non-hydrogen) atoms.